The van der Waals surface area contributed by atoms with Crippen molar-refractivity contribution in [2.45, 2.75) is 11.6 Å². The smallest absolute Gasteiger partial charge is 0.298 e. The lowest BCUT2D eigenvalue weighted by Gasteiger charge is -2.11. The van der Waals surface area contributed by atoms with E-state index in [1.165, 1.54) is 12.4 Å². The molecule has 13 heavy (non-hydrogen) atoms. The third-order valence-electron chi connectivity index (χ3n) is 1.71. The summed E-state index contributed by atoms with van der Waals surface area (Å²) in [6.07, 6.45) is 3.58. The Balaban J connectivity index is 2.30. The van der Waals surface area contributed by atoms with E-state index in [-0.39, 0.29) is 5.16 Å². The molecule has 7 heteroatoms. The van der Waals surface area contributed by atoms with Crippen LogP contribution in [-0.4, -0.2) is 36.0 Å². The summed E-state index contributed by atoms with van der Waals surface area (Å²) in [6.45, 7) is 0.836. The van der Waals surface area contributed by atoms with Crippen molar-refractivity contribution in [2.75, 3.05) is 13.2 Å². The minimum Gasteiger partial charge on any atom is -0.334 e. The van der Waals surface area contributed by atoms with Gasteiger partial charge in [0.05, 0.1) is 6.61 Å². The summed E-state index contributed by atoms with van der Waals surface area (Å²) in [5, 5.41) is -0.0746. The molecular weight excluding hydrogens is 194 g/mol. The zero-order valence-corrected chi connectivity index (χ0v) is 7.62. The van der Waals surface area contributed by atoms with E-state index in [4.69, 9.17) is 4.84 Å². The van der Waals surface area contributed by atoms with E-state index in [0.29, 0.717) is 13.2 Å². The number of sulfonamides is 1. The molecule has 0 unspecified atom stereocenters. The van der Waals surface area contributed by atoms with Crippen LogP contribution >= 0.6 is 0 Å². The number of H-pyrrole nitrogens is 1. The van der Waals surface area contributed by atoms with Crippen molar-refractivity contribution >= 4 is 10.0 Å². The molecule has 72 valence electrons. The average Bonchev–Trinajstić information content (AvgIpc) is 2.78. The first-order chi connectivity index (χ1) is 6.21. The minimum atomic E-state index is -3.55. The van der Waals surface area contributed by atoms with Crippen molar-refractivity contribution in [3.05, 3.63) is 12.4 Å². The first kappa shape index (κ1) is 8.67. The Morgan fingerprint density at radius 2 is 2.46 bits per heavy atom. The molecule has 2 heterocycles. The van der Waals surface area contributed by atoms with Gasteiger partial charge < -0.3 is 4.98 Å². The van der Waals surface area contributed by atoms with Crippen LogP contribution < -0.4 is 0 Å². The first-order valence-corrected chi connectivity index (χ1v) is 5.30. The summed E-state index contributed by atoms with van der Waals surface area (Å²) in [7, 11) is -3.55. The van der Waals surface area contributed by atoms with Crippen molar-refractivity contribution in [3.63, 3.8) is 0 Å². The molecule has 1 aromatic rings. The van der Waals surface area contributed by atoms with Gasteiger partial charge in [0.25, 0.3) is 10.0 Å². The Labute approximate surface area is 75.5 Å². The Morgan fingerprint density at radius 1 is 1.62 bits per heavy atom. The van der Waals surface area contributed by atoms with Crippen molar-refractivity contribution < 1.29 is 13.3 Å². The van der Waals surface area contributed by atoms with E-state index < -0.39 is 10.0 Å². The lowest BCUT2D eigenvalue weighted by atomic mass is 10.5. The second-order valence-electron chi connectivity index (χ2n) is 2.61. The molecule has 1 saturated heterocycles. The fourth-order valence-corrected chi connectivity index (χ4v) is 2.29. The Hall–Kier alpha value is -0.920. The maximum Gasteiger partial charge on any atom is 0.298 e. The Bertz CT molecular complexity index is 366. The third-order valence-corrected chi connectivity index (χ3v) is 3.24. The summed E-state index contributed by atoms with van der Waals surface area (Å²) in [6, 6.07) is 0. The van der Waals surface area contributed by atoms with E-state index in [9.17, 15) is 8.42 Å². The molecule has 0 radical (unpaired) electrons. The summed E-state index contributed by atoms with van der Waals surface area (Å²) >= 11 is 0. The highest BCUT2D eigenvalue weighted by molar-refractivity contribution is 7.88. The summed E-state index contributed by atoms with van der Waals surface area (Å²) in [4.78, 5) is 11.1. The number of hydrogen-bond donors (Lipinski definition) is 1. The number of aromatic nitrogens is 2. The van der Waals surface area contributed by atoms with E-state index >= 15 is 0 Å². The molecule has 0 saturated carbocycles. The number of aromatic amines is 1. The van der Waals surface area contributed by atoms with Crippen molar-refractivity contribution in [1.82, 2.24) is 14.4 Å². The molecule has 0 spiro atoms. The second kappa shape index (κ2) is 3.09. The molecule has 2 rings (SSSR count). The largest absolute Gasteiger partial charge is 0.334 e. The molecule has 1 N–H and O–H groups in total. The highest BCUT2D eigenvalue weighted by Crippen LogP contribution is 2.15. The van der Waals surface area contributed by atoms with Gasteiger partial charge in [0.1, 0.15) is 0 Å². The molecule has 0 atom stereocenters. The van der Waals surface area contributed by atoms with Crippen LogP contribution in [0.2, 0.25) is 0 Å². The highest BCUT2D eigenvalue weighted by Gasteiger charge is 2.30. The van der Waals surface area contributed by atoms with Gasteiger partial charge in [-0.2, -0.15) is 0 Å². The lowest BCUT2D eigenvalue weighted by Crippen LogP contribution is -2.27. The Morgan fingerprint density at radius 3 is 3.00 bits per heavy atom. The quantitative estimate of drug-likeness (QED) is 0.718. The summed E-state index contributed by atoms with van der Waals surface area (Å²) < 4.78 is 24.2. The molecule has 0 bridgehead atoms. The Kier molecular flexibility index (Phi) is 2.06. The van der Waals surface area contributed by atoms with Crippen LogP contribution in [0.25, 0.3) is 0 Å². The molecule has 0 aliphatic carbocycles. The standard InChI is InChI=1S/C6H9N3O3S/c10-13(11,6-7-2-3-8-6)9-4-1-5-12-9/h2-3H,1,4-5H2,(H,7,8). The van der Waals surface area contributed by atoms with Crippen LogP contribution in [0.4, 0.5) is 0 Å². The highest BCUT2D eigenvalue weighted by atomic mass is 32.2. The van der Waals surface area contributed by atoms with E-state index in [1.807, 2.05) is 0 Å². The molecule has 1 aliphatic rings. The van der Waals surface area contributed by atoms with Gasteiger partial charge >= 0.3 is 0 Å². The fourth-order valence-electron chi connectivity index (χ4n) is 1.10. The van der Waals surface area contributed by atoms with Crippen LogP contribution in [0.15, 0.2) is 17.6 Å². The molecule has 6 nitrogen and oxygen atoms in total. The van der Waals surface area contributed by atoms with Gasteiger partial charge in [-0.3, -0.25) is 4.84 Å². The first-order valence-electron chi connectivity index (χ1n) is 3.86. The van der Waals surface area contributed by atoms with Crippen molar-refractivity contribution in [1.29, 1.82) is 0 Å². The van der Waals surface area contributed by atoms with E-state index in [1.54, 1.807) is 0 Å². The maximum atomic E-state index is 11.6. The average molecular weight is 203 g/mol. The third kappa shape index (κ3) is 1.45. The van der Waals surface area contributed by atoms with Crippen LogP contribution in [-0.2, 0) is 14.9 Å². The van der Waals surface area contributed by atoms with Crippen LogP contribution in [0, 0.1) is 0 Å². The zero-order chi connectivity index (χ0) is 9.31. The van der Waals surface area contributed by atoms with E-state index in [2.05, 4.69) is 9.97 Å². The van der Waals surface area contributed by atoms with Gasteiger partial charge in [-0.1, -0.05) is 4.47 Å². The minimum absolute atomic E-state index is 0.0746. The lowest BCUT2D eigenvalue weighted by molar-refractivity contribution is -0.0288. The van der Waals surface area contributed by atoms with Gasteiger partial charge in [0.2, 0.25) is 5.16 Å². The van der Waals surface area contributed by atoms with Crippen LogP contribution in [0.3, 0.4) is 0 Å². The predicted molar refractivity (Wildman–Crippen MR) is 43.0 cm³/mol. The number of imidazole rings is 1. The summed E-state index contributed by atoms with van der Waals surface area (Å²) in [5.41, 5.74) is 0. The van der Waals surface area contributed by atoms with Gasteiger partial charge in [-0.05, 0) is 6.42 Å². The molecule has 0 amide bonds. The monoisotopic (exact) mass is 203 g/mol. The molecular formula is C6H9N3O3S. The van der Waals surface area contributed by atoms with Crippen molar-refractivity contribution in [3.8, 4) is 0 Å². The zero-order valence-electron chi connectivity index (χ0n) is 6.80. The van der Waals surface area contributed by atoms with E-state index in [0.717, 1.165) is 10.9 Å². The topological polar surface area (TPSA) is 75.3 Å². The number of hydrogen-bond acceptors (Lipinski definition) is 4. The molecule has 1 fully saturated rings. The number of rotatable bonds is 2. The van der Waals surface area contributed by atoms with Gasteiger partial charge in [0, 0.05) is 18.9 Å². The molecule has 0 aromatic carbocycles. The van der Waals surface area contributed by atoms with Gasteiger partial charge in [-0.15, -0.1) is 0 Å². The van der Waals surface area contributed by atoms with Gasteiger partial charge in [-0.25, -0.2) is 13.4 Å². The predicted octanol–water partition coefficient (Wildman–Crippen LogP) is -0.264. The molecule has 1 aromatic heterocycles. The number of nitrogens with one attached hydrogen (secondary N) is 1. The number of hydroxylamine groups is 1. The maximum absolute atomic E-state index is 11.6. The SMILES string of the molecule is O=S(=O)(c1ncc[nH]1)N1CCCO1. The second-order valence-corrected chi connectivity index (χ2v) is 4.36. The normalized spacial score (nSPS) is 19.4. The fraction of sp³-hybridized carbons (Fsp3) is 0.500. The summed E-state index contributed by atoms with van der Waals surface area (Å²) in [5.74, 6) is 0. The van der Waals surface area contributed by atoms with Crippen molar-refractivity contribution in [2.24, 2.45) is 0 Å². The van der Waals surface area contributed by atoms with Crippen LogP contribution in [0.5, 0.6) is 0 Å². The number of nitrogens with zero attached hydrogens (tertiary/aromatic N) is 2. The van der Waals surface area contributed by atoms with Gasteiger partial charge in [0.15, 0.2) is 0 Å². The van der Waals surface area contributed by atoms with Crippen LogP contribution in [0.1, 0.15) is 6.42 Å². The molecule has 1 aliphatic heterocycles.